The summed E-state index contributed by atoms with van der Waals surface area (Å²) in [6.45, 7) is 1.64. The second-order valence-electron chi connectivity index (χ2n) is 4.63. The topological polar surface area (TPSA) is 77.2 Å². The van der Waals surface area contributed by atoms with Crippen molar-refractivity contribution in [2.75, 3.05) is 5.32 Å². The highest BCUT2D eigenvalue weighted by atomic mass is 35.5. The molecular weight excluding hydrogens is 318 g/mol. The maximum Gasteiger partial charge on any atom is 0.322 e. The average molecular weight is 330 g/mol. The van der Waals surface area contributed by atoms with E-state index in [-0.39, 0.29) is 6.01 Å². The molecule has 1 N–H and O–H groups in total. The van der Waals surface area contributed by atoms with Crippen LogP contribution in [0.25, 0.3) is 0 Å². The van der Waals surface area contributed by atoms with Crippen molar-refractivity contribution in [2.45, 2.75) is 6.92 Å². The molecule has 0 atom stereocenters. The van der Waals surface area contributed by atoms with E-state index < -0.39 is 5.91 Å². The highest BCUT2D eigenvalue weighted by Crippen LogP contribution is 2.26. The van der Waals surface area contributed by atoms with Gasteiger partial charge in [-0.3, -0.25) is 10.1 Å². The summed E-state index contributed by atoms with van der Waals surface area (Å²) < 4.78 is 10.9. The second-order valence-corrected chi connectivity index (χ2v) is 5.07. The van der Waals surface area contributed by atoms with Crippen molar-refractivity contribution < 1.29 is 13.9 Å². The van der Waals surface area contributed by atoms with E-state index in [2.05, 4.69) is 15.5 Å². The van der Waals surface area contributed by atoms with Gasteiger partial charge in [-0.1, -0.05) is 28.8 Å². The van der Waals surface area contributed by atoms with Crippen molar-refractivity contribution >= 4 is 23.5 Å². The van der Waals surface area contributed by atoms with E-state index in [4.69, 9.17) is 20.8 Å². The lowest BCUT2D eigenvalue weighted by Gasteiger charge is -2.10. The molecule has 0 aliphatic carbocycles. The zero-order valence-electron chi connectivity index (χ0n) is 12.1. The third-order valence-corrected chi connectivity index (χ3v) is 3.17. The van der Waals surface area contributed by atoms with Crippen LogP contribution < -0.4 is 10.1 Å². The van der Waals surface area contributed by atoms with Crippen molar-refractivity contribution in [1.29, 1.82) is 0 Å². The fourth-order valence-corrected chi connectivity index (χ4v) is 2.01. The van der Waals surface area contributed by atoms with E-state index in [1.165, 1.54) is 0 Å². The lowest BCUT2D eigenvalue weighted by molar-refractivity contribution is 0.102. The third-order valence-electron chi connectivity index (χ3n) is 2.92. The predicted octanol–water partition coefficient (Wildman–Crippen LogP) is 4.08. The number of carbonyl (C=O) groups excluding carboxylic acids is 1. The molecule has 1 aromatic heterocycles. The zero-order valence-corrected chi connectivity index (χ0v) is 12.9. The number of hydrogen-bond donors (Lipinski definition) is 1. The van der Waals surface area contributed by atoms with Crippen molar-refractivity contribution in [3.8, 4) is 11.5 Å². The van der Waals surface area contributed by atoms with Crippen LogP contribution in [-0.4, -0.2) is 16.1 Å². The van der Waals surface area contributed by atoms with Crippen LogP contribution in [0.15, 0.2) is 52.9 Å². The van der Waals surface area contributed by atoms with Gasteiger partial charge >= 0.3 is 6.01 Å². The Morgan fingerprint density at radius 1 is 1.13 bits per heavy atom. The summed E-state index contributed by atoms with van der Waals surface area (Å²) in [4.78, 5) is 12.3. The van der Waals surface area contributed by atoms with Crippen LogP contribution in [0.3, 0.4) is 0 Å². The summed E-state index contributed by atoms with van der Waals surface area (Å²) in [7, 11) is 0. The fourth-order valence-electron chi connectivity index (χ4n) is 1.88. The zero-order chi connectivity index (χ0) is 16.2. The minimum absolute atomic E-state index is 0.0359. The van der Waals surface area contributed by atoms with Crippen LogP contribution in [-0.2, 0) is 0 Å². The van der Waals surface area contributed by atoms with Crippen LogP contribution in [0.1, 0.15) is 16.2 Å². The molecule has 3 aromatic rings. The Hall–Kier alpha value is -2.86. The summed E-state index contributed by atoms with van der Waals surface area (Å²) in [5.74, 6) is 0.941. The number of carbonyl (C=O) groups is 1. The standard InChI is InChI=1S/C16H12ClN3O3/c1-10-19-20-16(22-10)18-15(21)13-4-2-3-5-14(13)23-12-8-6-11(17)7-9-12/h2-9H,1H3,(H,18,20,21). The highest BCUT2D eigenvalue weighted by Gasteiger charge is 2.15. The molecule has 0 aliphatic heterocycles. The summed E-state index contributed by atoms with van der Waals surface area (Å²) in [6, 6.07) is 13.8. The number of aromatic nitrogens is 2. The molecule has 0 fully saturated rings. The Labute approximate surface area is 137 Å². The van der Waals surface area contributed by atoms with Gasteiger partial charge in [0.15, 0.2) is 0 Å². The van der Waals surface area contributed by atoms with Crippen LogP contribution >= 0.6 is 11.6 Å². The normalized spacial score (nSPS) is 10.3. The third kappa shape index (κ3) is 3.67. The van der Waals surface area contributed by atoms with Gasteiger partial charge in [-0.2, -0.15) is 0 Å². The minimum atomic E-state index is -0.404. The molecule has 0 aliphatic rings. The molecule has 3 rings (SSSR count). The van der Waals surface area contributed by atoms with Gasteiger partial charge in [0.2, 0.25) is 5.89 Å². The number of amides is 1. The van der Waals surface area contributed by atoms with Crippen LogP contribution in [0.4, 0.5) is 6.01 Å². The predicted molar refractivity (Wildman–Crippen MR) is 85.0 cm³/mol. The van der Waals surface area contributed by atoms with Gasteiger partial charge in [-0.05, 0) is 36.4 Å². The number of ether oxygens (including phenoxy) is 1. The smallest absolute Gasteiger partial charge is 0.322 e. The lowest BCUT2D eigenvalue weighted by Crippen LogP contribution is -2.13. The van der Waals surface area contributed by atoms with Crippen molar-refractivity contribution in [3.63, 3.8) is 0 Å². The minimum Gasteiger partial charge on any atom is -0.457 e. The van der Waals surface area contributed by atoms with E-state index in [0.717, 1.165) is 0 Å². The fraction of sp³-hybridized carbons (Fsp3) is 0.0625. The summed E-state index contributed by atoms with van der Waals surface area (Å²) in [5, 5.41) is 10.5. The first-order chi connectivity index (χ1) is 11.1. The molecule has 1 heterocycles. The van der Waals surface area contributed by atoms with E-state index in [9.17, 15) is 4.79 Å². The monoisotopic (exact) mass is 329 g/mol. The van der Waals surface area contributed by atoms with Gasteiger partial charge in [-0.25, -0.2) is 0 Å². The number of aryl methyl sites for hydroxylation is 1. The molecule has 0 saturated carbocycles. The highest BCUT2D eigenvalue weighted by molar-refractivity contribution is 6.30. The molecule has 0 saturated heterocycles. The van der Waals surface area contributed by atoms with Crippen molar-refractivity contribution in [1.82, 2.24) is 10.2 Å². The Kier molecular flexibility index (Phi) is 4.25. The maximum absolute atomic E-state index is 12.3. The molecule has 7 heteroatoms. The lowest BCUT2D eigenvalue weighted by atomic mass is 10.2. The molecule has 6 nitrogen and oxygen atoms in total. The van der Waals surface area contributed by atoms with E-state index in [1.54, 1.807) is 55.5 Å². The summed E-state index contributed by atoms with van der Waals surface area (Å²) in [5.41, 5.74) is 0.346. The average Bonchev–Trinajstić information content (AvgIpc) is 2.95. The SMILES string of the molecule is Cc1nnc(NC(=O)c2ccccc2Oc2ccc(Cl)cc2)o1. The van der Waals surface area contributed by atoms with Gasteiger partial charge in [0.1, 0.15) is 11.5 Å². The second kappa shape index (κ2) is 6.50. The molecule has 23 heavy (non-hydrogen) atoms. The largest absolute Gasteiger partial charge is 0.457 e. The Balaban J connectivity index is 1.82. The first kappa shape index (κ1) is 15.1. The molecule has 0 radical (unpaired) electrons. The molecule has 0 bridgehead atoms. The van der Waals surface area contributed by atoms with Crippen molar-refractivity contribution in [3.05, 3.63) is 65.0 Å². The van der Waals surface area contributed by atoms with Gasteiger partial charge in [0.05, 0.1) is 5.56 Å². The van der Waals surface area contributed by atoms with Crippen molar-refractivity contribution in [2.24, 2.45) is 0 Å². The molecule has 116 valence electrons. The molecular formula is C16H12ClN3O3. The van der Waals surface area contributed by atoms with Gasteiger partial charge in [0, 0.05) is 11.9 Å². The number of benzene rings is 2. The van der Waals surface area contributed by atoms with E-state index in [1.807, 2.05) is 0 Å². The number of nitrogens with zero attached hydrogens (tertiary/aromatic N) is 2. The van der Waals surface area contributed by atoms with Gasteiger partial charge in [0.25, 0.3) is 5.91 Å². The summed E-state index contributed by atoms with van der Waals surface area (Å²) in [6.07, 6.45) is 0. The Morgan fingerprint density at radius 2 is 1.87 bits per heavy atom. The number of halogens is 1. The quantitative estimate of drug-likeness (QED) is 0.780. The molecule has 0 spiro atoms. The molecule has 0 unspecified atom stereocenters. The van der Waals surface area contributed by atoms with Gasteiger partial charge < -0.3 is 9.15 Å². The van der Waals surface area contributed by atoms with E-state index in [0.29, 0.717) is 28.0 Å². The molecule has 2 aromatic carbocycles. The summed E-state index contributed by atoms with van der Waals surface area (Å²) >= 11 is 5.85. The number of hydrogen-bond acceptors (Lipinski definition) is 5. The Bertz CT molecular complexity index is 831. The van der Waals surface area contributed by atoms with Crippen LogP contribution in [0, 0.1) is 6.92 Å². The number of nitrogens with one attached hydrogen (secondary N) is 1. The Morgan fingerprint density at radius 3 is 2.57 bits per heavy atom. The van der Waals surface area contributed by atoms with Crippen LogP contribution in [0.2, 0.25) is 5.02 Å². The van der Waals surface area contributed by atoms with Crippen LogP contribution in [0.5, 0.6) is 11.5 Å². The van der Waals surface area contributed by atoms with E-state index >= 15 is 0 Å². The molecule has 1 amide bonds. The first-order valence-corrected chi connectivity index (χ1v) is 7.13. The first-order valence-electron chi connectivity index (χ1n) is 6.76. The number of para-hydroxylation sites is 1. The number of rotatable bonds is 4. The number of anilines is 1. The maximum atomic E-state index is 12.3. The van der Waals surface area contributed by atoms with Gasteiger partial charge in [-0.15, -0.1) is 5.10 Å².